The van der Waals surface area contributed by atoms with Gasteiger partial charge < -0.3 is 33.7 Å². The number of nitrogens with two attached hydrogens (primary N) is 1. The topological polar surface area (TPSA) is 112 Å². The fourth-order valence-corrected chi connectivity index (χ4v) is 7.30. The van der Waals surface area contributed by atoms with Crippen LogP contribution in [-0.4, -0.2) is 32.5 Å². The fourth-order valence-electron chi connectivity index (χ4n) is 0.924. The van der Waals surface area contributed by atoms with Crippen molar-refractivity contribution in [1.29, 1.82) is 0 Å². The molecule has 0 aliphatic carbocycles. The molecule has 0 bridgehead atoms. The number of hydrogen-bond acceptors (Lipinski definition) is 9. The van der Waals surface area contributed by atoms with Crippen molar-refractivity contribution in [3.8, 4) is 0 Å². The summed E-state index contributed by atoms with van der Waals surface area (Å²) in [6, 6.07) is 0. The first kappa shape index (κ1) is 34.8. The maximum atomic E-state index is 8.67. The monoisotopic (exact) mass is 463 g/mol. The van der Waals surface area contributed by atoms with Crippen LogP contribution in [0.15, 0.2) is 0 Å². The number of rotatable bonds is 11. The van der Waals surface area contributed by atoms with Crippen LogP contribution in [0.3, 0.4) is 0 Å². The van der Waals surface area contributed by atoms with Crippen molar-refractivity contribution in [3.63, 3.8) is 0 Å². The average Bonchev–Trinajstić information content (AvgIpc) is 2.47. The van der Waals surface area contributed by atoms with Crippen LogP contribution >= 0.6 is 13.4 Å². The molecule has 1 amide bonds. The Balaban J connectivity index is -0.000000226. The van der Waals surface area contributed by atoms with Crippen molar-refractivity contribution in [3.05, 3.63) is 0 Å². The summed E-state index contributed by atoms with van der Waals surface area (Å²) in [5, 5.41) is 8.67. The summed E-state index contributed by atoms with van der Waals surface area (Å²) in [5.74, 6) is 0. The number of carbonyl (C=O) groups excluding carboxylic acids is 1. The third kappa shape index (κ3) is 25.4. The summed E-state index contributed by atoms with van der Waals surface area (Å²) in [4.78, 5) is 8.67. The van der Waals surface area contributed by atoms with Gasteiger partial charge in [0.2, 0.25) is 0 Å². The van der Waals surface area contributed by atoms with E-state index in [2.05, 4.69) is 19.6 Å². The maximum absolute atomic E-state index is 8.67. The van der Waals surface area contributed by atoms with Crippen molar-refractivity contribution < 1.29 is 61.9 Å². The maximum Gasteiger partial charge on any atom is 1.00 e. The SMILES string of the molecule is CCCC.CCOP(=S)(OCC)OP(=S)(OCC)OCC.NC(=O)[O-].[Na+]. The van der Waals surface area contributed by atoms with Crippen molar-refractivity contribution in [2.24, 2.45) is 5.73 Å². The van der Waals surface area contributed by atoms with Crippen LogP contribution in [-0.2, 0) is 46.0 Å². The smallest absolute Gasteiger partial charge is 0.530 e. The minimum atomic E-state index is -2.87. The summed E-state index contributed by atoms with van der Waals surface area (Å²) in [5.41, 5.74) is 3.92. The molecule has 0 aliphatic heterocycles. The Kier molecular flexibility index (Phi) is 30.4. The van der Waals surface area contributed by atoms with Gasteiger partial charge in [-0.15, -0.1) is 0 Å². The normalized spacial score (nSPS) is 10.5. The number of unbranched alkanes of at least 4 members (excludes halogenated alkanes) is 1. The van der Waals surface area contributed by atoms with Crippen molar-refractivity contribution in [2.75, 3.05) is 26.4 Å². The van der Waals surface area contributed by atoms with Crippen LogP contribution < -0.4 is 40.4 Å². The first-order chi connectivity index (χ1) is 11.6. The zero-order valence-corrected chi connectivity index (χ0v) is 22.3. The van der Waals surface area contributed by atoms with E-state index in [-0.39, 0.29) is 29.6 Å². The van der Waals surface area contributed by atoms with E-state index >= 15 is 0 Å². The predicted octanol–water partition coefficient (Wildman–Crippen LogP) is 0.697. The van der Waals surface area contributed by atoms with Gasteiger partial charge in [0.1, 0.15) is 6.09 Å². The van der Waals surface area contributed by atoms with Crippen LogP contribution in [0.2, 0.25) is 0 Å². The van der Waals surface area contributed by atoms with Crippen molar-refractivity contribution >= 4 is 43.1 Å². The van der Waals surface area contributed by atoms with E-state index in [0.29, 0.717) is 26.4 Å². The zero-order chi connectivity index (χ0) is 20.4. The zero-order valence-electron chi connectivity index (χ0n) is 16.9. The van der Waals surface area contributed by atoms with E-state index in [4.69, 9.17) is 55.9 Å². The van der Waals surface area contributed by atoms with Gasteiger partial charge in [-0.05, 0) is 51.3 Å². The van der Waals surface area contributed by atoms with Crippen LogP contribution in [0, 0.1) is 0 Å². The molecular formula is C13H32NNaO7P2S2. The Bertz CT molecular complexity index is 366. The summed E-state index contributed by atoms with van der Waals surface area (Å²) in [6.07, 6.45) is 1.06. The predicted molar refractivity (Wildman–Crippen MR) is 106 cm³/mol. The molecule has 26 heavy (non-hydrogen) atoms. The number of carboxylic acid groups (broad SMARTS) is 1. The quantitative estimate of drug-likeness (QED) is 0.349. The van der Waals surface area contributed by atoms with E-state index in [1.165, 1.54) is 12.8 Å². The van der Waals surface area contributed by atoms with E-state index in [0.717, 1.165) is 0 Å². The van der Waals surface area contributed by atoms with Crippen LogP contribution in [0.4, 0.5) is 4.79 Å². The minimum absolute atomic E-state index is 0. The molecule has 154 valence electrons. The second-order valence-corrected chi connectivity index (χ2v) is 10.1. The Labute approximate surface area is 190 Å². The van der Waals surface area contributed by atoms with Gasteiger partial charge in [-0.25, -0.2) is 4.31 Å². The molecule has 0 fully saturated rings. The standard InChI is InChI=1S/C8H20O5P2S2.C4H10.CH3NO2.Na/c1-5-9-14(16,10-6-2)13-15(17,11-7-3)12-8-4;1-3-4-2;2-1(3)4;/h5-8H2,1-4H3;3-4H2,1-2H3;2H2,(H,3,4);/q;;;+1/p-1. The molecule has 0 heterocycles. The molecule has 0 saturated heterocycles. The van der Waals surface area contributed by atoms with Gasteiger partial charge in [-0.2, -0.15) is 0 Å². The van der Waals surface area contributed by atoms with Crippen LogP contribution in [0.25, 0.3) is 0 Å². The molecule has 0 aromatic carbocycles. The van der Waals surface area contributed by atoms with Gasteiger partial charge in [-0.1, -0.05) is 26.7 Å². The second kappa shape index (κ2) is 22.7. The molecule has 0 atom stereocenters. The fraction of sp³-hybridized carbons (Fsp3) is 0.923. The Morgan fingerprint density at radius 3 is 1.12 bits per heavy atom. The van der Waals surface area contributed by atoms with Gasteiger partial charge in [0.05, 0.1) is 26.4 Å². The first-order valence-corrected chi connectivity index (χ1v) is 13.2. The Morgan fingerprint density at radius 2 is 1.00 bits per heavy atom. The molecular weight excluding hydrogens is 431 g/mol. The third-order valence-electron chi connectivity index (χ3n) is 1.85. The van der Waals surface area contributed by atoms with Crippen molar-refractivity contribution in [2.45, 2.75) is 54.4 Å². The Hall–Kier alpha value is 1.37. The van der Waals surface area contributed by atoms with E-state index in [9.17, 15) is 0 Å². The molecule has 0 spiro atoms. The second-order valence-electron chi connectivity index (χ2n) is 3.97. The van der Waals surface area contributed by atoms with Gasteiger partial charge in [0, 0.05) is 0 Å². The van der Waals surface area contributed by atoms with Gasteiger partial charge in [0.25, 0.3) is 0 Å². The summed E-state index contributed by atoms with van der Waals surface area (Å²) in [6.45, 7) is 7.45. The average molecular weight is 463 g/mol. The minimum Gasteiger partial charge on any atom is -0.530 e. The van der Waals surface area contributed by atoms with Gasteiger partial charge in [-0.3, -0.25) is 0 Å². The number of amides is 1. The number of hydrogen-bond donors (Lipinski definition) is 1. The molecule has 0 saturated carbocycles. The molecule has 13 heteroatoms. The third-order valence-corrected chi connectivity index (χ3v) is 8.21. The molecule has 0 rings (SSSR count). The molecule has 2 N–H and O–H groups in total. The molecule has 0 radical (unpaired) electrons. The van der Waals surface area contributed by atoms with Crippen LogP contribution in [0.1, 0.15) is 54.4 Å². The van der Waals surface area contributed by atoms with Gasteiger partial charge in [0.15, 0.2) is 0 Å². The van der Waals surface area contributed by atoms with E-state index in [1.807, 2.05) is 27.7 Å². The first-order valence-electron chi connectivity index (χ1n) is 8.05. The van der Waals surface area contributed by atoms with Crippen molar-refractivity contribution in [1.82, 2.24) is 0 Å². The van der Waals surface area contributed by atoms with Gasteiger partial charge >= 0.3 is 43.0 Å². The summed E-state index contributed by atoms with van der Waals surface area (Å²) in [7, 11) is 0. The molecule has 0 aromatic heterocycles. The molecule has 8 nitrogen and oxygen atoms in total. The number of primary amides is 1. The molecule has 0 aromatic rings. The number of carbonyl (C=O) groups is 1. The largest absolute Gasteiger partial charge is 1.00 e. The molecule has 0 unspecified atom stereocenters. The Morgan fingerprint density at radius 1 is 0.808 bits per heavy atom. The van der Waals surface area contributed by atoms with E-state index < -0.39 is 19.5 Å². The summed E-state index contributed by atoms with van der Waals surface area (Å²) < 4.78 is 26.9. The summed E-state index contributed by atoms with van der Waals surface area (Å²) >= 11 is 10.4. The molecule has 0 aliphatic rings. The van der Waals surface area contributed by atoms with E-state index in [1.54, 1.807) is 0 Å². The van der Waals surface area contributed by atoms with Crippen LogP contribution in [0.5, 0.6) is 0 Å².